The molecule has 1 amide bonds. The summed E-state index contributed by atoms with van der Waals surface area (Å²) in [6.07, 6.45) is 2.81. The number of aromatic nitrogens is 1. The highest BCUT2D eigenvalue weighted by molar-refractivity contribution is 7.16. The van der Waals surface area contributed by atoms with E-state index in [4.69, 9.17) is 16.3 Å². The van der Waals surface area contributed by atoms with Crippen LogP contribution in [-0.2, 0) is 4.79 Å². The number of benzene rings is 2. The first-order valence-corrected chi connectivity index (χ1v) is 10.9. The standard InChI is InChI=1S/C22H18ClFN2O3S/c23-16-3-2-15(6-17(16)24)29-8-14(27)7-21-9-22(10-21,11-21)26-20(28)13-1-4-18-19(5-13)30-12-25-18/h1-6,12H,7-11H2,(H,26,28). The first-order chi connectivity index (χ1) is 14.4. The number of hydrogen-bond acceptors (Lipinski definition) is 5. The van der Waals surface area contributed by atoms with Gasteiger partial charge in [-0.2, -0.15) is 0 Å². The van der Waals surface area contributed by atoms with E-state index in [0.717, 1.165) is 29.5 Å². The maximum atomic E-state index is 13.4. The molecular formula is C22H18ClFN2O3S. The molecule has 1 aromatic heterocycles. The van der Waals surface area contributed by atoms with Crippen molar-refractivity contribution in [1.29, 1.82) is 0 Å². The minimum Gasteiger partial charge on any atom is -0.486 e. The molecule has 5 nitrogen and oxygen atoms in total. The number of rotatable bonds is 7. The predicted molar refractivity (Wildman–Crippen MR) is 113 cm³/mol. The molecule has 2 aromatic carbocycles. The fourth-order valence-corrected chi connectivity index (χ4v) is 5.66. The number of thiazole rings is 1. The monoisotopic (exact) mass is 444 g/mol. The fraction of sp³-hybridized carbons (Fsp3) is 0.318. The second kappa shape index (κ2) is 7.03. The largest absolute Gasteiger partial charge is 0.486 e. The second-order valence-corrected chi connectivity index (χ2v) is 9.67. The van der Waals surface area contributed by atoms with Crippen LogP contribution < -0.4 is 10.1 Å². The van der Waals surface area contributed by atoms with Crippen molar-refractivity contribution >= 4 is 44.8 Å². The van der Waals surface area contributed by atoms with Crippen molar-refractivity contribution < 1.29 is 18.7 Å². The highest BCUT2D eigenvalue weighted by Crippen LogP contribution is 2.69. The summed E-state index contributed by atoms with van der Waals surface area (Å²) >= 11 is 7.15. The number of nitrogens with zero attached hydrogens (tertiary/aromatic N) is 1. The number of nitrogens with one attached hydrogen (secondary N) is 1. The van der Waals surface area contributed by atoms with Crippen molar-refractivity contribution in [3.8, 4) is 5.75 Å². The molecule has 1 heterocycles. The van der Waals surface area contributed by atoms with Crippen LogP contribution in [0.15, 0.2) is 41.9 Å². The minimum atomic E-state index is -0.576. The van der Waals surface area contributed by atoms with E-state index < -0.39 is 5.82 Å². The molecule has 1 N–H and O–H groups in total. The van der Waals surface area contributed by atoms with Crippen LogP contribution in [0, 0.1) is 11.2 Å². The molecular weight excluding hydrogens is 427 g/mol. The van der Waals surface area contributed by atoms with Crippen molar-refractivity contribution in [2.24, 2.45) is 5.41 Å². The maximum absolute atomic E-state index is 13.4. The third-order valence-corrected chi connectivity index (χ3v) is 7.07. The van der Waals surface area contributed by atoms with Crippen molar-refractivity contribution in [2.75, 3.05) is 6.61 Å². The van der Waals surface area contributed by atoms with Crippen LogP contribution in [0.4, 0.5) is 4.39 Å². The van der Waals surface area contributed by atoms with Gasteiger partial charge in [0.2, 0.25) is 0 Å². The SMILES string of the molecule is O=C(COc1ccc(Cl)c(F)c1)CC12CC(NC(=O)c3ccc4ncsc4c3)(C1)C2. The topological polar surface area (TPSA) is 68.3 Å². The van der Waals surface area contributed by atoms with Gasteiger partial charge in [-0.25, -0.2) is 9.37 Å². The Bertz CT molecular complexity index is 1160. The van der Waals surface area contributed by atoms with Crippen molar-refractivity contribution in [1.82, 2.24) is 10.3 Å². The van der Waals surface area contributed by atoms with Gasteiger partial charge in [-0.3, -0.25) is 9.59 Å². The van der Waals surface area contributed by atoms with Gasteiger partial charge in [0.15, 0.2) is 5.78 Å². The Hall–Kier alpha value is -2.51. The van der Waals surface area contributed by atoms with Crippen LogP contribution in [0.25, 0.3) is 10.2 Å². The summed E-state index contributed by atoms with van der Waals surface area (Å²) in [5.41, 5.74) is 3.05. The number of hydrogen-bond donors (Lipinski definition) is 1. The summed E-state index contributed by atoms with van der Waals surface area (Å²) in [5.74, 6) is -0.406. The summed E-state index contributed by atoms with van der Waals surface area (Å²) in [7, 11) is 0. The van der Waals surface area contributed by atoms with Crippen LogP contribution in [0.1, 0.15) is 36.0 Å². The Labute approximate surface area is 181 Å². The van der Waals surface area contributed by atoms with Crippen molar-refractivity contribution in [2.45, 2.75) is 31.2 Å². The zero-order chi connectivity index (χ0) is 20.9. The molecule has 8 heteroatoms. The molecule has 3 aliphatic carbocycles. The smallest absolute Gasteiger partial charge is 0.251 e. The van der Waals surface area contributed by atoms with Gasteiger partial charge in [0.25, 0.3) is 5.91 Å². The lowest BCUT2D eigenvalue weighted by molar-refractivity contribution is -0.162. The molecule has 0 spiro atoms. The van der Waals surface area contributed by atoms with E-state index in [1.54, 1.807) is 11.6 Å². The Morgan fingerprint density at radius 1 is 1.20 bits per heavy atom. The zero-order valence-corrected chi connectivity index (χ0v) is 17.5. The highest BCUT2D eigenvalue weighted by atomic mass is 35.5. The third-order valence-electron chi connectivity index (χ3n) is 5.98. The maximum Gasteiger partial charge on any atom is 0.251 e. The molecule has 154 valence electrons. The fourth-order valence-electron chi connectivity index (χ4n) is 4.83. The Kier molecular flexibility index (Phi) is 4.56. The van der Waals surface area contributed by atoms with Crippen molar-refractivity contribution in [3.63, 3.8) is 0 Å². The predicted octanol–water partition coefficient (Wildman–Crippen LogP) is 4.78. The van der Waals surface area contributed by atoms with Crippen LogP contribution in [0.3, 0.4) is 0 Å². The molecule has 3 saturated carbocycles. The van der Waals surface area contributed by atoms with E-state index in [2.05, 4.69) is 10.3 Å². The average molecular weight is 445 g/mol. The summed E-state index contributed by atoms with van der Waals surface area (Å²) < 4.78 is 19.8. The van der Waals surface area contributed by atoms with Crippen LogP contribution in [0.2, 0.25) is 5.02 Å². The zero-order valence-electron chi connectivity index (χ0n) is 15.9. The molecule has 30 heavy (non-hydrogen) atoms. The number of carbonyl (C=O) groups excluding carboxylic acids is 2. The van der Waals surface area contributed by atoms with Gasteiger partial charge in [-0.15, -0.1) is 11.3 Å². The van der Waals surface area contributed by atoms with Crippen LogP contribution in [0.5, 0.6) is 5.75 Å². The molecule has 0 aliphatic heterocycles. The third kappa shape index (κ3) is 3.46. The molecule has 0 unspecified atom stereocenters. The van der Waals surface area contributed by atoms with Gasteiger partial charge in [0, 0.05) is 23.6 Å². The lowest BCUT2D eigenvalue weighted by atomic mass is 9.38. The lowest BCUT2D eigenvalue weighted by Crippen LogP contribution is -2.75. The van der Waals surface area contributed by atoms with Gasteiger partial charge in [0.05, 0.1) is 20.7 Å². The van der Waals surface area contributed by atoms with Gasteiger partial charge in [0.1, 0.15) is 18.2 Å². The van der Waals surface area contributed by atoms with Gasteiger partial charge in [-0.05, 0) is 55.0 Å². The normalized spacial score (nSPS) is 24.1. The molecule has 6 rings (SSSR count). The number of Topliss-reactive ketones (excluding diaryl/α,β-unsaturated/α-hetero) is 1. The molecule has 3 fully saturated rings. The van der Waals surface area contributed by atoms with Gasteiger partial charge < -0.3 is 10.1 Å². The minimum absolute atomic E-state index is 0.0156. The first kappa shape index (κ1) is 19.5. The molecule has 0 radical (unpaired) electrons. The summed E-state index contributed by atoms with van der Waals surface area (Å²) in [6.45, 7) is -0.100. The summed E-state index contributed by atoms with van der Waals surface area (Å²) in [5, 5.41) is 3.16. The molecule has 0 atom stereocenters. The molecule has 3 aromatic rings. The number of ketones is 1. The number of halogens is 2. The van der Waals surface area contributed by atoms with E-state index in [-0.39, 0.29) is 40.0 Å². The van der Waals surface area contributed by atoms with Gasteiger partial charge in [-0.1, -0.05) is 11.6 Å². The lowest BCUT2D eigenvalue weighted by Gasteiger charge is -2.70. The number of fused-ring (bicyclic) bond motifs is 1. The van der Waals surface area contributed by atoms with E-state index in [1.165, 1.54) is 29.5 Å². The summed E-state index contributed by atoms with van der Waals surface area (Å²) in [4.78, 5) is 29.2. The average Bonchev–Trinajstić information content (AvgIpc) is 3.14. The highest BCUT2D eigenvalue weighted by Gasteiger charge is 2.68. The van der Waals surface area contributed by atoms with E-state index in [0.29, 0.717) is 12.0 Å². The number of ether oxygens (including phenoxy) is 1. The van der Waals surface area contributed by atoms with Crippen LogP contribution in [-0.4, -0.2) is 28.8 Å². The van der Waals surface area contributed by atoms with E-state index in [9.17, 15) is 14.0 Å². The molecule has 2 bridgehead atoms. The van der Waals surface area contributed by atoms with Gasteiger partial charge >= 0.3 is 0 Å². The Morgan fingerprint density at radius 3 is 2.77 bits per heavy atom. The first-order valence-electron chi connectivity index (χ1n) is 9.61. The van der Waals surface area contributed by atoms with E-state index in [1.807, 2.05) is 12.1 Å². The quantitative estimate of drug-likeness (QED) is 0.569. The molecule has 3 aliphatic rings. The summed E-state index contributed by atoms with van der Waals surface area (Å²) in [6, 6.07) is 9.62. The Balaban J connectivity index is 1.11. The number of carbonyl (C=O) groups is 2. The Morgan fingerprint density at radius 2 is 2.00 bits per heavy atom. The van der Waals surface area contributed by atoms with Crippen molar-refractivity contribution in [3.05, 3.63) is 58.3 Å². The second-order valence-electron chi connectivity index (χ2n) is 8.38. The molecule has 0 saturated heterocycles. The number of amides is 1. The van der Waals surface area contributed by atoms with E-state index >= 15 is 0 Å². The van der Waals surface area contributed by atoms with Crippen LogP contribution >= 0.6 is 22.9 Å².